The van der Waals surface area contributed by atoms with Crippen molar-refractivity contribution < 1.29 is 8.42 Å². The van der Waals surface area contributed by atoms with Gasteiger partial charge in [-0.3, -0.25) is 0 Å². The van der Waals surface area contributed by atoms with Crippen LogP contribution in [-0.4, -0.2) is 24.3 Å². The number of benzene rings is 2. The molecule has 0 amide bonds. The average molecular weight is 409 g/mol. The monoisotopic (exact) mass is 408 g/mol. The fourth-order valence-electron chi connectivity index (χ4n) is 3.76. The van der Waals surface area contributed by atoms with Gasteiger partial charge in [-0.2, -0.15) is 4.31 Å². The van der Waals surface area contributed by atoms with Crippen LogP contribution in [0.3, 0.4) is 0 Å². The van der Waals surface area contributed by atoms with Gasteiger partial charge in [0, 0.05) is 23.1 Å². The lowest BCUT2D eigenvalue weighted by Gasteiger charge is -2.34. The van der Waals surface area contributed by atoms with Crippen molar-refractivity contribution in [2.24, 2.45) is 0 Å². The molecule has 0 spiro atoms. The van der Waals surface area contributed by atoms with Crippen LogP contribution < -0.4 is 0 Å². The molecule has 0 aliphatic carbocycles. The number of rotatable bonds is 3. The van der Waals surface area contributed by atoms with Gasteiger partial charge >= 0.3 is 0 Å². The van der Waals surface area contributed by atoms with Crippen molar-refractivity contribution in [3.05, 3.63) is 63.8 Å². The molecule has 1 N–H and O–H groups in total. The number of aromatic amines is 1. The summed E-state index contributed by atoms with van der Waals surface area (Å²) in [6.07, 6.45) is 1.36. The number of H-pyrrole nitrogens is 1. The first-order valence-corrected chi connectivity index (χ1v) is 10.7. The quantitative estimate of drug-likeness (QED) is 0.649. The molecule has 0 bridgehead atoms. The number of aromatic nitrogens is 1. The highest BCUT2D eigenvalue weighted by Crippen LogP contribution is 2.39. The summed E-state index contributed by atoms with van der Waals surface area (Å²) < 4.78 is 28.1. The Kier molecular flexibility index (Phi) is 4.51. The maximum atomic E-state index is 13.3. The highest BCUT2D eigenvalue weighted by molar-refractivity contribution is 7.89. The third-order valence-electron chi connectivity index (χ3n) is 4.99. The minimum Gasteiger partial charge on any atom is -0.357 e. The van der Waals surface area contributed by atoms with E-state index in [1.807, 2.05) is 25.1 Å². The number of hydrogen-bond acceptors (Lipinski definition) is 2. The third kappa shape index (κ3) is 2.74. The van der Waals surface area contributed by atoms with Gasteiger partial charge in [-0.1, -0.05) is 48.3 Å². The summed E-state index contributed by atoms with van der Waals surface area (Å²) in [5.74, 6) is 0. The highest BCUT2D eigenvalue weighted by Gasteiger charge is 2.37. The van der Waals surface area contributed by atoms with Crippen molar-refractivity contribution in [1.82, 2.24) is 9.29 Å². The van der Waals surface area contributed by atoms with E-state index in [2.05, 4.69) is 11.1 Å². The lowest BCUT2D eigenvalue weighted by atomic mass is 9.98. The van der Waals surface area contributed by atoms with Crippen LogP contribution in [0.25, 0.3) is 10.9 Å². The predicted octanol–water partition coefficient (Wildman–Crippen LogP) is 5.17. The van der Waals surface area contributed by atoms with Gasteiger partial charge in [0.1, 0.15) is 0 Å². The van der Waals surface area contributed by atoms with Crippen molar-refractivity contribution in [2.75, 3.05) is 6.54 Å². The molecule has 3 aromatic rings. The maximum Gasteiger partial charge on any atom is 0.243 e. The Hall–Kier alpha value is -1.53. The smallest absolute Gasteiger partial charge is 0.243 e. The summed E-state index contributed by atoms with van der Waals surface area (Å²) >= 11 is 12.0. The zero-order valence-corrected chi connectivity index (χ0v) is 16.5. The van der Waals surface area contributed by atoms with Gasteiger partial charge < -0.3 is 4.98 Å². The Labute approximate surface area is 162 Å². The number of nitrogens with one attached hydrogen (secondary N) is 1. The normalized spacial score (nSPS) is 18.2. The number of hydrogen-bond donors (Lipinski definition) is 1. The highest BCUT2D eigenvalue weighted by atomic mass is 35.5. The molecule has 1 atom stereocenters. The number of nitrogens with zero attached hydrogens (tertiary/aromatic N) is 1. The van der Waals surface area contributed by atoms with Crippen LogP contribution in [0.4, 0.5) is 0 Å². The van der Waals surface area contributed by atoms with Crippen LogP contribution in [0.15, 0.2) is 47.4 Å². The van der Waals surface area contributed by atoms with E-state index < -0.39 is 10.0 Å². The SMILES string of the molecule is CCC1c2[nH]c3ccccc3c2CCN1S(=O)(=O)c1ccc(Cl)c(Cl)c1. The van der Waals surface area contributed by atoms with Crippen molar-refractivity contribution in [2.45, 2.75) is 30.7 Å². The maximum absolute atomic E-state index is 13.3. The molecule has 2 heterocycles. The Bertz CT molecular complexity index is 1090. The second-order valence-corrected chi connectivity index (χ2v) is 9.13. The Morgan fingerprint density at radius 3 is 2.65 bits per heavy atom. The van der Waals surface area contributed by atoms with Crippen LogP contribution in [0, 0.1) is 0 Å². The molecule has 0 saturated heterocycles. The van der Waals surface area contributed by atoms with E-state index >= 15 is 0 Å². The molecular weight excluding hydrogens is 391 g/mol. The molecule has 4 rings (SSSR count). The van der Waals surface area contributed by atoms with Crippen LogP contribution in [0.5, 0.6) is 0 Å². The minimum atomic E-state index is -3.67. The van der Waals surface area contributed by atoms with Crippen molar-refractivity contribution >= 4 is 44.1 Å². The van der Waals surface area contributed by atoms with E-state index in [0.717, 1.165) is 11.2 Å². The van der Waals surface area contributed by atoms with Crippen LogP contribution in [0.2, 0.25) is 10.0 Å². The van der Waals surface area contributed by atoms with Crippen LogP contribution in [-0.2, 0) is 16.4 Å². The van der Waals surface area contributed by atoms with Crippen molar-refractivity contribution in [3.63, 3.8) is 0 Å². The molecule has 1 aliphatic rings. The first-order chi connectivity index (χ1) is 12.4. The van der Waals surface area contributed by atoms with E-state index in [1.54, 1.807) is 4.31 Å². The summed E-state index contributed by atoms with van der Waals surface area (Å²) in [4.78, 5) is 3.61. The van der Waals surface area contributed by atoms with Gasteiger partial charge in [0.15, 0.2) is 0 Å². The van der Waals surface area contributed by atoms with Crippen LogP contribution >= 0.6 is 23.2 Å². The van der Waals surface area contributed by atoms with Gasteiger partial charge in [-0.05, 0) is 42.7 Å². The molecule has 0 fully saturated rings. The Morgan fingerprint density at radius 2 is 1.92 bits per heavy atom. The summed E-state index contributed by atoms with van der Waals surface area (Å²) in [5.41, 5.74) is 3.25. The molecule has 2 aromatic carbocycles. The minimum absolute atomic E-state index is 0.171. The molecule has 1 unspecified atom stereocenters. The molecule has 1 aromatic heterocycles. The lowest BCUT2D eigenvalue weighted by Crippen LogP contribution is -2.39. The Morgan fingerprint density at radius 1 is 1.15 bits per heavy atom. The molecule has 7 heteroatoms. The van der Waals surface area contributed by atoms with E-state index in [1.165, 1.54) is 29.1 Å². The fraction of sp³-hybridized carbons (Fsp3) is 0.263. The zero-order chi connectivity index (χ0) is 18.5. The zero-order valence-electron chi connectivity index (χ0n) is 14.2. The topological polar surface area (TPSA) is 53.2 Å². The van der Waals surface area contributed by atoms with Gasteiger partial charge in [0.05, 0.1) is 21.0 Å². The van der Waals surface area contributed by atoms with Gasteiger partial charge in [0.25, 0.3) is 0 Å². The number of fused-ring (bicyclic) bond motifs is 3. The van der Waals surface area contributed by atoms with Crippen LogP contribution in [0.1, 0.15) is 30.6 Å². The fourth-order valence-corrected chi connectivity index (χ4v) is 5.83. The summed E-state index contributed by atoms with van der Waals surface area (Å²) in [6, 6.07) is 12.3. The average Bonchev–Trinajstić information content (AvgIpc) is 3.01. The summed E-state index contributed by atoms with van der Waals surface area (Å²) in [5, 5.41) is 1.76. The standard InChI is InChI=1S/C19H18Cl2N2O2S/c1-2-18-19-14(13-5-3-4-6-17(13)22-19)9-10-23(18)26(24,25)12-7-8-15(20)16(21)11-12/h3-8,11,18,22H,2,9-10H2,1H3. The second kappa shape index (κ2) is 6.57. The Balaban J connectivity index is 1.81. The number of sulfonamides is 1. The molecule has 136 valence electrons. The largest absolute Gasteiger partial charge is 0.357 e. The first-order valence-electron chi connectivity index (χ1n) is 8.50. The second-order valence-electron chi connectivity index (χ2n) is 6.43. The molecule has 1 aliphatic heterocycles. The third-order valence-corrected chi connectivity index (χ3v) is 7.64. The van der Waals surface area contributed by atoms with Crippen molar-refractivity contribution in [1.29, 1.82) is 0 Å². The lowest BCUT2D eigenvalue weighted by molar-refractivity contribution is 0.297. The van der Waals surface area contributed by atoms with Gasteiger partial charge in [-0.25, -0.2) is 8.42 Å². The van der Waals surface area contributed by atoms with Crippen molar-refractivity contribution in [3.8, 4) is 0 Å². The van der Waals surface area contributed by atoms with E-state index in [-0.39, 0.29) is 16.0 Å². The summed E-state index contributed by atoms with van der Waals surface area (Å²) in [7, 11) is -3.67. The molecular formula is C19H18Cl2N2O2S. The van der Waals surface area contributed by atoms with Gasteiger partial charge in [-0.15, -0.1) is 0 Å². The molecule has 0 radical (unpaired) electrons. The number of halogens is 2. The number of para-hydroxylation sites is 1. The molecule has 26 heavy (non-hydrogen) atoms. The summed E-state index contributed by atoms with van der Waals surface area (Å²) in [6.45, 7) is 2.44. The molecule has 4 nitrogen and oxygen atoms in total. The van der Waals surface area contributed by atoms with E-state index in [0.29, 0.717) is 24.4 Å². The first kappa shape index (κ1) is 17.9. The molecule has 0 saturated carbocycles. The predicted molar refractivity (Wildman–Crippen MR) is 105 cm³/mol. The van der Waals surface area contributed by atoms with E-state index in [4.69, 9.17) is 23.2 Å². The van der Waals surface area contributed by atoms with Gasteiger partial charge in [0.2, 0.25) is 10.0 Å². The van der Waals surface area contributed by atoms with E-state index in [9.17, 15) is 8.42 Å².